The molecule has 0 heterocycles. The van der Waals surface area contributed by atoms with E-state index in [2.05, 4.69) is 0 Å². The zero-order chi connectivity index (χ0) is 12.1. The van der Waals surface area contributed by atoms with E-state index in [0.29, 0.717) is 17.5 Å². The summed E-state index contributed by atoms with van der Waals surface area (Å²) in [6, 6.07) is 7.79. The van der Waals surface area contributed by atoms with Gasteiger partial charge in [-0.25, -0.2) is 0 Å². The molecule has 1 aromatic carbocycles. The third kappa shape index (κ3) is 3.90. The molecule has 1 aliphatic carbocycles. The third-order valence-electron chi connectivity index (χ3n) is 3.52. The zero-order valence-electron chi connectivity index (χ0n) is 10.1. The number of hydrogen-bond donors (Lipinski definition) is 1. The highest BCUT2D eigenvalue weighted by Crippen LogP contribution is 2.28. The predicted molar refractivity (Wildman–Crippen MR) is 71.5 cm³/mol. The first kappa shape index (κ1) is 12.7. The molecule has 1 fully saturated rings. The van der Waals surface area contributed by atoms with Gasteiger partial charge in [0.25, 0.3) is 0 Å². The van der Waals surface area contributed by atoms with E-state index in [0.717, 1.165) is 12.2 Å². The van der Waals surface area contributed by atoms with Crippen LogP contribution < -0.4 is 10.5 Å². The van der Waals surface area contributed by atoms with Crippen molar-refractivity contribution in [3.63, 3.8) is 0 Å². The Labute approximate surface area is 108 Å². The molecule has 1 aromatic rings. The van der Waals surface area contributed by atoms with Crippen LogP contribution in [0.15, 0.2) is 24.3 Å². The predicted octanol–water partition coefficient (Wildman–Crippen LogP) is 3.63. The molecule has 0 aliphatic heterocycles. The van der Waals surface area contributed by atoms with Gasteiger partial charge >= 0.3 is 0 Å². The standard InChI is InChI=1S/C14H20ClNO/c15-12-6-3-7-13(10-12)17-9-8-14(16)11-4-1-2-5-11/h3,6-7,10-11,14H,1-2,4-5,8-9,16H2. The summed E-state index contributed by atoms with van der Waals surface area (Å²) in [5.41, 5.74) is 6.17. The van der Waals surface area contributed by atoms with Gasteiger partial charge in [0.1, 0.15) is 5.75 Å². The van der Waals surface area contributed by atoms with Crippen molar-refractivity contribution in [2.45, 2.75) is 38.1 Å². The van der Waals surface area contributed by atoms with Gasteiger partial charge in [0.15, 0.2) is 0 Å². The Morgan fingerprint density at radius 2 is 2.12 bits per heavy atom. The van der Waals surface area contributed by atoms with Crippen molar-refractivity contribution in [1.29, 1.82) is 0 Å². The van der Waals surface area contributed by atoms with E-state index in [4.69, 9.17) is 22.1 Å². The minimum Gasteiger partial charge on any atom is -0.493 e. The maximum absolute atomic E-state index is 6.17. The molecule has 94 valence electrons. The Hall–Kier alpha value is -0.730. The first-order chi connectivity index (χ1) is 8.25. The van der Waals surface area contributed by atoms with Crippen molar-refractivity contribution in [3.05, 3.63) is 29.3 Å². The topological polar surface area (TPSA) is 35.2 Å². The lowest BCUT2D eigenvalue weighted by atomic mass is 9.97. The Kier molecular flexibility index (Phi) is 4.69. The summed E-state index contributed by atoms with van der Waals surface area (Å²) in [5.74, 6) is 1.54. The zero-order valence-corrected chi connectivity index (χ0v) is 10.8. The molecule has 0 radical (unpaired) electrons. The molecular weight excluding hydrogens is 234 g/mol. The molecule has 0 saturated heterocycles. The molecule has 1 aliphatic rings. The molecule has 0 bridgehead atoms. The summed E-state index contributed by atoms with van der Waals surface area (Å²) in [6.07, 6.45) is 6.19. The minimum absolute atomic E-state index is 0.289. The lowest BCUT2D eigenvalue weighted by Crippen LogP contribution is -2.30. The molecule has 0 amide bonds. The van der Waals surface area contributed by atoms with Crippen LogP contribution in [0.4, 0.5) is 0 Å². The molecule has 0 aromatic heterocycles. The Balaban J connectivity index is 1.71. The second-order valence-electron chi connectivity index (χ2n) is 4.80. The van der Waals surface area contributed by atoms with Gasteiger partial charge in [-0.2, -0.15) is 0 Å². The minimum atomic E-state index is 0.289. The largest absolute Gasteiger partial charge is 0.493 e. The fraction of sp³-hybridized carbons (Fsp3) is 0.571. The fourth-order valence-electron chi connectivity index (χ4n) is 2.49. The highest BCUT2D eigenvalue weighted by Gasteiger charge is 2.21. The highest BCUT2D eigenvalue weighted by molar-refractivity contribution is 6.30. The molecule has 1 saturated carbocycles. The molecule has 2 rings (SSSR count). The Morgan fingerprint density at radius 1 is 1.35 bits per heavy atom. The van der Waals surface area contributed by atoms with Crippen LogP contribution >= 0.6 is 11.6 Å². The van der Waals surface area contributed by atoms with Crippen LogP contribution in [0.2, 0.25) is 5.02 Å². The molecule has 2 nitrogen and oxygen atoms in total. The third-order valence-corrected chi connectivity index (χ3v) is 3.76. The second kappa shape index (κ2) is 6.27. The lowest BCUT2D eigenvalue weighted by molar-refractivity contribution is 0.274. The summed E-state index contributed by atoms with van der Waals surface area (Å²) in [6.45, 7) is 0.679. The van der Waals surface area contributed by atoms with Crippen molar-refractivity contribution < 1.29 is 4.74 Å². The lowest BCUT2D eigenvalue weighted by Gasteiger charge is -2.18. The average Bonchev–Trinajstić information content (AvgIpc) is 2.82. The molecule has 3 heteroatoms. The first-order valence-corrected chi connectivity index (χ1v) is 6.77. The summed E-state index contributed by atoms with van der Waals surface area (Å²) < 4.78 is 5.65. The van der Waals surface area contributed by atoms with E-state index in [1.165, 1.54) is 25.7 Å². The molecule has 2 N–H and O–H groups in total. The molecule has 17 heavy (non-hydrogen) atoms. The van der Waals surface area contributed by atoms with Crippen LogP contribution in [0.5, 0.6) is 5.75 Å². The van der Waals surface area contributed by atoms with E-state index >= 15 is 0 Å². The van der Waals surface area contributed by atoms with Crippen molar-refractivity contribution in [3.8, 4) is 5.75 Å². The summed E-state index contributed by atoms with van der Waals surface area (Å²) in [7, 11) is 0. The van der Waals surface area contributed by atoms with Crippen LogP contribution in [0, 0.1) is 5.92 Å². The monoisotopic (exact) mass is 253 g/mol. The second-order valence-corrected chi connectivity index (χ2v) is 5.24. The maximum atomic E-state index is 6.17. The van der Waals surface area contributed by atoms with Gasteiger partial charge in [-0.15, -0.1) is 0 Å². The van der Waals surface area contributed by atoms with Gasteiger partial charge < -0.3 is 10.5 Å². The quantitative estimate of drug-likeness (QED) is 0.870. The summed E-state index contributed by atoms with van der Waals surface area (Å²) in [5, 5.41) is 0.711. The van der Waals surface area contributed by atoms with Crippen LogP contribution in [0.25, 0.3) is 0 Å². The van der Waals surface area contributed by atoms with Crippen LogP contribution in [0.3, 0.4) is 0 Å². The number of hydrogen-bond acceptors (Lipinski definition) is 2. The van der Waals surface area contributed by atoms with Crippen LogP contribution in [-0.2, 0) is 0 Å². The number of nitrogens with two attached hydrogens (primary N) is 1. The number of benzene rings is 1. The number of halogens is 1. The van der Waals surface area contributed by atoms with Gasteiger partial charge in [-0.05, 0) is 43.4 Å². The first-order valence-electron chi connectivity index (χ1n) is 6.39. The van der Waals surface area contributed by atoms with E-state index in [1.807, 2.05) is 24.3 Å². The SMILES string of the molecule is NC(CCOc1cccc(Cl)c1)C1CCCC1. The van der Waals surface area contributed by atoms with E-state index < -0.39 is 0 Å². The van der Waals surface area contributed by atoms with Gasteiger partial charge in [-0.1, -0.05) is 30.5 Å². The Morgan fingerprint density at radius 3 is 2.82 bits per heavy atom. The van der Waals surface area contributed by atoms with Crippen LogP contribution in [0.1, 0.15) is 32.1 Å². The molecule has 1 atom stereocenters. The smallest absolute Gasteiger partial charge is 0.120 e. The fourth-order valence-corrected chi connectivity index (χ4v) is 2.67. The Bertz CT molecular complexity index is 350. The summed E-state index contributed by atoms with van der Waals surface area (Å²) >= 11 is 5.89. The van der Waals surface area contributed by atoms with Crippen molar-refractivity contribution in [2.75, 3.05) is 6.61 Å². The van der Waals surface area contributed by atoms with E-state index in [9.17, 15) is 0 Å². The van der Waals surface area contributed by atoms with E-state index in [1.54, 1.807) is 0 Å². The van der Waals surface area contributed by atoms with Crippen molar-refractivity contribution in [2.24, 2.45) is 11.7 Å². The van der Waals surface area contributed by atoms with Gasteiger partial charge in [0.2, 0.25) is 0 Å². The molecular formula is C14H20ClNO. The maximum Gasteiger partial charge on any atom is 0.120 e. The molecule has 0 spiro atoms. The number of ether oxygens (including phenoxy) is 1. The van der Waals surface area contributed by atoms with E-state index in [-0.39, 0.29) is 6.04 Å². The van der Waals surface area contributed by atoms with Crippen molar-refractivity contribution in [1.82, 2.24) is 0 Å². The van der Waals surface area contributed by atoms with Gasteiger partial charge in [0.05, 0.1) is 6.61 Å². The average molecular weight is 254 g/mol. The highest BCUT2D eigenvalue weighted by atomic mass is 35.5. The van der Waals surface area contributed by atoms with Crippen molar-refractivity contribution >= 4 is 11.6 Å². The summed E-state index contributed by atoms with van der Waals surface area (Å²) in [4.78, 5) is 0. The normalized spacial score (nSPS) is 18.2. The molecule has 1 unspecified atom stereocenters. The van der Waals surface area contributed by atoms with Crippen LogP contribution in [-0.4, -0.2) is 12.6 Å². The van der Waals surface area contributed by atoms with Gasteiger partial charge in [0, 0.05) is 11.1 Å². The van der Waals surface area contributed by atoms with Gasteiger partial charge in [-0.3, -0.25) is 0 Å². The number of rotatable bonds is 5.